The number of hydrogen-bond donors (Lipinski definition) is 2. The van der Waals surface area contributed by atoms with E-state index in [2.05, 4.69) is 30.7 Å². The molecular weight excluding hydrogens is 255 g/mol. The van der Waals surface area contributed by atoms with Gasteiger partial charge in [-0.25, -0.2) is 4.39 Å². The Hall–Kier alpha value is -1.46. The van der Waals surface area contributed by atoms with E-state index in [9.17, 15) is 4.39 Å². The van der Waals surface area contributed by atoms with E-state index in [4.69, 9.17) is 11.1 Å². The maximum absolute atomic E-state index is 13.6. The monoisotopic (exact) mass is 278 g/mol. The summed E-state index contributed by atoms with van der Waals surface area (Å²) in [5.74, 6) is -0.425. The van der Waals surface area contributed by atoms with Crippen LogP contribution in [0.15, 0.2) is 18.2 Å². The molecule has 0 atom stereocenters. The molecule has 3 N–H and O–H groups in total. The molecule has 1 fully saturated rings. The lowest BCUT2D eigenvalue weighted by Gasteiger charge is -2.45. The molecular formula is C15H23FN4. The Balaban J connectivity index is 2.12. The number of hydrogen-bond acceptors (Lipinski definition) is 3. The van der Waals surface area contributed by atoms with Gasteiger partial charge < -0.3 is 5.73 Å². The van der Waals surface area contributed by atoms with E-state index in [-0.39, 0.29) is 17.2 Å². The van der Waals surface area contributed by atoms with E-state index in [1.807, 2.05) is 0 Å². The second-order valence-electron chi connectivity index (χ2n) is 6.21. The molecule has 1 aliphatic rings. The highest BCUT2D eigenvalue weighted by Crippen LogP contribution is 2.21. The van der Waals surface area contributed by atoms with Crippen molar-refractivity contribution in [2.24, 2.45) is 5.73 Å². The molecule has 0 unspecified atom stereocenters. The summed E-state index contributed by atoms with van der Waals surface area (Å²) in [6, 6.07) is 4.63. The number of nitrogens with one attached hydrogen (secondary N) is 1. The third kappa shape index (κ3) is 3.35. The average molecular weight is 278 g/mol. The van der Waals surface area contributed by atoms with Crippen molar-refractivity contribution in [1.29, 1.82) is 5.41 Å². The number of nitrogen functional groups attached to an aromatic ring is 1. The third-order valence-electron chi connectivity index (χ3n) is 4.07. The number of piperazine rings is 1. The summed E-state index contributed by atoms with van der Waals surface area (Å²) in [5, 5.41) is 7.43. The van der Waals surface area contributed by atoms with Crippen LogP contribution >= 0.6 is 0 Å². The van der Waals surface area contributed by atoms with Crippen LogP contribution in [0.5, 0.6) is 0 Å². The van der Waals surface area contributed by atoms with Crippen LogP contribution in [-0.4, -0.2) is 47.9 Å². The van der Waals surface area contributed by atoms with E-state index in [1.54, 1.807) is 6.07 Å². The molecule has 0 spiro atoms. The first kappa shape index (κ1) is 14.9. The summed E-state index contributed by atoms with van der Waals surface area (Å²) < 4.78 is 13.6. The van der Waals surface area contributed by atoms with Gasteiger partial charge in [0.1, 0.15) is 11.7 Å². The first-order valence-corrected chi connectivity index (χ1v) is 6.85. The van der Waals surface area contributed by atoms with E-state index in [1.165, 1.54) is 12.1 Å². The van der Waals surface area contributed by atoms with Crippen molar-refractivity contribution in [1.82, 2.24) is 9.80 Å². The number of benzene rings is 1. The van der Waals surface area contributed by atoms with Crippen LogP contribution in [0.25, 0.3) is 0 Å². The molecule has 1 aromatic rings. The number of likely N-dealkylation sites (N-methyl/N-ethyl adjacent to an activating group) is 1. The molecule has 0 bridgehead atoms. The SMILES string of the molecule is CN1CCN(Cc2cc(F)cc(C(=N)N)c2)CC1(C)C. The predicted molar refractivity (Wildman–Crippen MR) is 79.4 cm³/mol. The summed E-state index contributed by atoms with van der Waals surface area (Å²) in [4.78, 5) is 4.66. The Morgan fingerprint density at radius 1 is 1.35 bits per heavy atom. The maximum Gasteiger partial charge on any atom is 0.124 e. The third-order valence-corrected chi connectivity index (χ3v) is 4.07. The van der Waals surface area contributed by atoms with E-state index >= 15 is 0 Å². The largest absolute Gasteiger partial charge is 0.384 e. The Bertz CT molecular complexity index is 513. The van der Waals surface area contributed by atoms with Gasteiger partial charge >= 0.3 is 0 Å². The Morgan fingerprint density at radius 3 is 2.65 bits per heavy atom. The van der Waals surface area contributed by atoms with Gasteiger partial charge in [0.15, 0.2) is 0 Å². The van der Waals surface area contributed by atoms with E-state index in [0.717, 1.165) is 25.2 Å². The number of nitrogens with two attached hydrogens (primary N) is 1. The van der Waals surface area contributed by atoms with Gasteiger partial charge in [0, 0.05) is 37.3 Å². The highest BCUT2D eigenvalue weighted by molar-refractivity contribution is 5.95. The van der Waals surface area contributed by atoms with Crippen LogP contribution in [-0.2, 0) is 6.54 Å². The lowest BCUT2D eigenvalue weighted by molar-refractivity contribution is 0.0360. The molecule has 1 aromatic carbocycles. The van der Waals surface area contributed by atoms with E-state index < -0.39 is 0 Å². The van der Waals surface area contributed by atoms with Gasteiger partial charge in [-0.3, -0.25) is 15.2 Å². The molecule has 1 saturated heterocycles. The highest BCUT2D eigenvalue weighted by Gasteiger charge is 2.30. The second-order valence-corrected chi connectivity index (χ2v) is 6.21. The minimum Gasteiger partial charge on any atom is -0.384 e. The Kier molecular flexibility index (Phi) is 4.11. The minimum absolute atomic E-state index is 0.0931. The molecule has 0 radical (unpaired) electrons. The van der Waals surface area contributed by atoms with Crippen molar-refractivity contribution >= 4 is 5.84 Å². The van der Waals surface area contributed by atoms with Crippen LogP contribution < -0.4 is 5.73 Å². The predicted octanol–water partition coefficient (Wildman–Crippen LogP) is 1.64. The van der Waals surface area contributed by atoms with Crippen molar-refractivity contribution in [3.8, 4) is 0 Å². The number of rotatable bonds is 3. The highest BCUT2D eigenvalue weighted by atomic mass is 19.1. The van der Waals surface area contributed by atoms with Gasteiger partial charge in [0.05, 0.1) is 0 Å². The number of nitrogens with zero attached hydrogens (tertiary/aromatic N) is 2. The van der Waals surface area contributed by atoms with Gasteiger partial charge in [-0.1, -0.05) is 0 Å². The topological polar surface area (TPSA) is 56.4 Å². The summed E-state index contributed by atoms with van der Waals surface area (Å²) >= 11 is 0. The van der Waals surface area contributed by atoms with Crippen LogP contribution in [0.2, 0.25) is 0 Å². The molecule has 0 aromatic heterocycles. The standard InChI is InChI=1S/C15H23FN4/c1-15(2)10-20(5-4-19(15)3)9-11-6-12(14(17)18)8-13(16)7-11/h6-8H,4-5,9-10H2,1-3H3,(H3,17,18). The van der Waals surface area contributed by atoms with Crippen molar-refractivity contribution in [3.05, 3.63) is 35.1 Å². The minimum atomic E-state index is -0.332. The molecule has 110 valence electrons. The first-order chi connectivity index (χ1) is 9.28. The molecule has 0 amide bonds. The molecule has 1 heterocycles. The van der Waals surface area contributed by atoms with Gasteiger partial charge in [-0.05, 0) is 44.7 Å². The summed E-state index contributed by atoms with van der Waals surface area (Å²) in [6.45, 7) is 8.02. The fraction of sp³-hybridized carbons (Fsp3) is 0.533. The Morgan fingerprint density at radius 2 is 2.05 bits per heavy atom. The maximum atomic E-state index is 13.6. The van der Waals surface area contributed by atoms with Crippen molar-refractivity contribution < 1.29 is 4.39 Å². The van der Waals surface area contributed by atoms with Crippen LogP contribution in [0.3, 0.4) is 0 Å². The summed E-state index contributed by atoms with van der Waals surface area (Å²) in [5.41, 5.74) is 6.89. The first-order valence-electron chi connectivity index (χ1n) is 6.85. The van der Waals surface area contributed by atoms with Crippen molar-refractivity contribution in [2.45, 2.75) is 25.9 Å². The average Bonchev–Trinajstić information content (AvgIpc) is 2.32. The van der Waals surface area contributed by atoms with Crippen molar-refractivity contribution in [3.63, 3.8) is 0 Å². The van der Waals surface area contributed by atoms with Crippen molar-refractivity contribution in [2.75, 3.05) is 26.7 Å². The van der Waals surface area contributed by atoms with Gasteiger partial charge in [0.2, 0.25) is 0 Å². The number of amidine groups is 1. The summed E-state index contributed by atoms with van der Waals surface area (Å²) in [7, 11) is 2.13. The normalized spacial score (nSPS) is 20.0. The zero-order chi connectivity index (χ0) is 14.9. The molecule has 0 saturated carbocycles. The number of halogens is 1. The van der Waals surface area contributed by atoms with E-state index in [0.29, 0.717) is 12.1 Å². The zero-order valence-electron chi connectivity index (χ0n) is 12.4. The summed E-state index contributed by atoms with van der Waals surface area (Å²) in [6.07, 6.45) is 0. The smallest absolute Gasteiger partial charge is 0.124 e. The van der Waals surface area contributed by atoms with Crippen LogP contribution in [0.1, 0.15) is 25.0 Å². The fourth-order valence-electron chi connectivity index (χ4n) is 2.63. The molecule has 1 aliphatic heterocycles. The zero-order valence-corrected chi connectivity index (χ0v) is 12.4. The molecule has 20 heavy (non-hydrogen) atoms. The molecule has 5 heteroatoms. The lowest BCUT2D eigenvalue weighted by Crippen LogP contribution is -2.57. The molecule has 4 nitrogen and oxygen atoms in total. The van der Waals surface area contributed by atoms with Crippen LogP contribution in [0, 0.1) is 11.2 Å². The molecule has 2 rings (SSSR count). The van der Waals surface area contributed by atoms with Crippen LogP contribution in [0.4, 0.5) is 4.39 Å². The van der Waals surface area contributed by atoms with Gasteiger partial charge in [-0.2, -0.15) is 0 Å². The van der Waals surface area contributed by atoms with Gasteiger partial charge in [0.25, 0.3) is 0 Å². The fourth-order valence-corrected chi connectivity index (χ4v) is 2.63. The quantitative estimate of drug-likeness (QED) is 0.653. The Labute approximate surface area is 119 Å². The second kappa shape index (κ2) is 5.50. The lowest BCUT2D eigenvalue weighted by atomic mass is 9.99. The van der Waals surface area contributed by atoms with Gasteiger partial charge in [-0.15, -0.1) is 0 Å². The molecule has 0 aliphatic carbocycles.